The largest absolute Gasteiger partial charge is 0.468 e. The number of fused-ring (bicyclic) bond motifs is 1. The van der Waals surface area contributed by atoms with E-state index < -0.39 is 5.25 Å². The highest BCUT2D eigenvalue weighted by Gasteiger charge is 2.42. The molecule has 0 spiro atoms. The van der Waals surface area contributed by atoms with Crippen molar-refractivity contribution in [3.05, 3.63) is 27.1 Å². The van der Waals surface area contributed by atoms with E-state index in [2.05, 4.69) is 4.74 Å². The molecular formula is C9H9NO4S2. The molecule has 2 rings (SSSR count). The highest BCUT2D eigenvalue weighted by atomic mass is 32.2. The van der Waals surface area contributed by atoms with Crippen molar-refractivity contribution in [3.63, 3.8) is 0 Å². The van der Waals surface area contributed by atoms with E-state index in [9.17, 15) is 14.9 Å². The van der Waals surface area contributed by atoms with E-state index in [4.69, 9.17) is 0 Å². The van der Waals surface area contributed by atoms with Gasteiger partial charge < -0.3 is 4.74 Å². The summed E-state index contributed by atoms with van der Waals surface area (Å²) in [6.07, 6.45) is 0. The van der Waals surface area contributed by atoms with Crippen molar-refractivity contribution in [2.24, 2.45) is 0 Å². The van der Waals surface area contributed by atoms with Crippen LogP contribution in [0.1, 0.15) is 11.5 Å². The summed E-state index contributed by atoms with van der Waals surface area (Å²) in [6, 6.07) is 1.85. The molecule has 1 aliphatic rings. The summed E-state index contributed by atoms with van der Waals surface area (Å²) in [5.74, 6) is -0.756. The maximum absolute atomic E-state index is 11.5. The number of thiophene rings is 1. The van der Waals surface area contributed by atoms with Gasteiger partial charge in [0.1, 0.15) is 5.25 Å². The first-order valence-corrected chi connectivity index (χ1v) is 6.33. The molecule has 0 saturated heterocycles. The van der Waals surface area contributed by atoms with Crippen molar-refractivity contribution in [1.82, 2.24) is 0 Å². The van der Waals surface area contributed by atoms with Crippen LogP contribution < -0.4 is 0 Å². The normalized spacial score (nSPS) is 22.8. The highest BCUT2D eigenvalue weighted by molar-refractivity contribution is 8.02. The van der Waals surface area contributed by atoms with Gasteiger partial charge in [-0.15, -0.1) is 11.3 Å². The molecule has 0 saturated carbocycles. The van der Waals surface area contributed by atoms with Crippen LogP contribution in [0.25, 0.3) is 0 Å². The maximum Gasteiger partial charge on any atom is 0.320 e. The highest BCUT2D eigenvalue weighted by Crippen LogP contribution is 2.48. The number of thioether (sulfide) groups is 1. The molecule has 2 atom stereocenters. The number of carbonyl (C=O) groups is 1. The molecule has 16 heavy (non-hydrogen) atoms. The molecule has 0 aliphatic carbocycles. The Bertz CT molecular complexity index is 431. The fourth-order valence-corrected chi connectivity index (χ4v) is 4.29. The Hall–Kier alpha value is -1.08. The van der Waals surface area contributed by atoms with Crippen LogP contribution in [0.5, 0.6) is 0 Å². The second kappa shape index (κ2) is 4.42. The van der Waals surface area contributed by atoms with Gasteiger partial charge in [-0.3, -0.25) is 14.9 Å². The number of esters is 1. The minimum absolute atomic E-state index is 0.226. The van der Waals surface area contributed by atoms with Gasteiger partial charge in [-0.25, -0.2) is 0 Å². The maximum atomic E-state index is 11.5. The van der Waals surface area contributed by atoms with Gasteiger partial charge in [0.25, 0.3) is 0 Å². The molecule has 0 amide bonds. The van der Waals surface area contributed by atoms with Crippen LogP contribution in [0, 0.1) is 10.1 Å². The lowest BCUT2D eigenvalue weighted by Crippen LogP contribution is -2.27. The molecular weight excluding hydrogens is 250 g/mol. The predicted octanol–water partition coefficient (Wildman–Crippen LogP) is 1.76. The van der Waals surface area contributed by atoms with Crippen molar-refractivity contribution >= 4 is 29.1 Å². The first-order chi connectivity index (χ1) is 7.63. The van der Waals surface area contributed by atoms with E-state index in [1.54, 1.807) is 0 Å². The fraction of sp³-hybridized carbons (Fsp3) is 0.444. The molecule has 86 valence electrons. The molecule has 0 bridgehead atoms. The van der Waals surface area contributed by atoms with Crippen molar-refractivity contribution in [2.75, 3.05) is 13.7 Å². The van der Waals surface area contributed by atoms with Gasteiger partial charge in [0, 0.05) is 4.92 Å². The topological polar surface area (TPSA) is 69.4 Å². The zero-order valence-electron chi connectivity index (χ0n) is 8.41. The monoisotopic (exact) mass is 259 g/mol. The van der Waals surface area contributed by atoms with E-state index in [0.717, 1.165) is 9.77 Å². The third-order valence-electron chi connectivity index (χ3n) is 2.44. The van der Waals surface area contributed by atoms with Crippen molar-refractivity contribution in [1.29, 1.82) is 0 Å². The average Bonchev–Trinajstić information content (AvgIpc) is 2.79. The lowest BCUT2D eigenvalue weighted by Gasteiger charge is -2.13. The van der Waals surface area contributed by atoms with Gasteiger partial charge >= 0.3 is 5.97 Å². The number of rotatable bonds is 3. The van der Waals surface area contributed by atoms with Crippen molar-refractivity contribution in [2.45, 2.75) is 15.4 Å². The van der Waals surface area contributed by atoms with Gasteiger partial charge in [0.05, 0.1) is 17.2 Å². The standard InChI is InChI=1S/C9H9NO4S2/c1-14-8(11)7-6(4-10(12)13)5-2-3-15-9(5)16-7/h2-3,6-7H,4H2,1H3. The molecule has 2 unspecified atom stereocenters. The van der Waals surface area contributed by atoms with Crippen LogP contribution >= 0.6 is 23.1 Å². The van der Waals surface area contributed by atoms with E-state index in [-0.39, 0.29) is 23.4 Å². The first kappa shape index (κ1) is 11.4. The summed E-state index contributed by atoms with van der Waals surface area (Å²) in [5.41, 5.74) is 0.905. The van der Waals surface area contributed by atoms with Crippen LogP contribution in [0.3, 0.4) is 0 Å². The molecule has 5 nitrogen and oxygen atoms in total. The van der Waals surface area contributed by atoms with Crippen LogP contribution in [0.4, 0.5) is 0 Å². The van der Waals surface area contributed by atoms with Gasteiger partial charge in [-0.1, -0.05) is 11.8 Å². The van der Waals surface area contributed by atoms with Crippen LogP contribution in [-0.4, -0.2) is 29.8 Å². The zero-order valence-corrected chi connectivity index (χ0v) is 10.0. The number of hydrogen-bond acceptors (Lipinski definition) is 6. The quantitative estimate of drug-likeness (QED) is 0.470. The number of hydrogen-bond donors (Lipinski definition) is 0. The second-order valence-electron chi connectivity index (χ2n) is 3.35. The van der Waals surface area contributed by atoms with E-state index in [1.165, 1.54) is 30.2 Å². The fourth-order valence-electron chi connectivity index (χ4n) is 1.72. The summed E-state index contributed by atoms with van der Waals surface area (Å²) < 4.78 is 5.66. The summed E-state index contributed by atoms with van der Waals surface area (Å²) >= 11 is 2.87. The molecule has 2 heterocycles. The molecule has 0 radical (unpaired) electrons. The smallest absolute Gasteiger partial charge is 0.320 e. The third kappa shape index (κ3) is 1.92. The van der Waals surface area contributed by atoms with Crippen molar-refractivity contribution < 1.29 is 14.5 Å². The summed E-state index contributed by atoms with van der Waals surface area (Å²) in [7, 11) is 1.30. The average molecular weight is 259 g/mol. The molecule has 1 aromatic rings. The molecule has 0 fully saturated rings. The van der Waals surface area contributed by atoms with Crippen LogP contribution in [0.15, 0.2) is 15.7 Å². The predicted molar refractivity (Wildman–Crippen MR) is 60.6 cm³/mol. The summed E-state index contributed by atoms with van der Waals surface area (Å²) in [4.78, 5) is 21.7. The molecule has 1 aromatic heterocycles. The first-order valence-electron chi connectivity index (χ1n) is 4.57. The number of methoxy groups -OCH3 is 1. The van der Waals surface area contributed by atoms with E-state index in [1.807, 2.05) is 11.4 Å². The molecule has 1 aliphatic heterocycles. The van der Waals surface area contributed by atoms with Crippen LogP contribution in [0.2, 0.25) is 0 Å². The minimum Gasteiger partial charge on any atom is -0.468 e. The SMILES string of the molecule is COC(=O)C1Sc2sccc2C1C[N+](=O)[O-]. The molecule has 7 heteroatoms. The number of nitro groups is 1. The van der Waals surface area contributed by atoms with E-state index >= 15 is 0 Å². The Morgan fingerprint density at radius 1 is 1.69 bits per heavy atom. The number of ether oxygens (including phenoxy) is 1. The van der Waals surface area contributed by atoms with Gasteiger partial charge in [-0.2, -0.15) is 0 Å². The second-order valence-corrected chi connectivity index (χ2v) is 5.67. The zero-order chi connectivity index (χ0) is 11.7. The summed E-state index contributed by atoms with van der Waals surface area (Å²) in [5, 5.41) is 12.0. The van der Waals surface area contributed by atoms with Gasteiger partial charge in [-0.05, 0) is 17.0 Å². The molecule has 0 N–H and O–H groups in total. The lowest BCUT2D eigenvalue weighted by molar-refractivity contribution is -0.483. The number of carbonyl (C=O) groups excluding carboxylic acids is 1. The number of nitrogens with zero attached hydrogens (tertiary/aromatic N) is 1. The lowest BCUT2D eigenvalue weighted by atomic mass is 9.99. The Labute approximate surface area is 99.9 Å². The van der Waals surface area contributed by atoms with Gasteiger partial charge in [0.15, 0.2) is 0 Å². The van der Waals surface area contributed by atoms with Gasteiger partial charge in [0.2, 0.25) is 6.54 Å². The molecule has 0 aromatic carbocycles. The van der Waals surface area contributed by atoms with E-state index in [0.29, 0.717) is 0 Å². The Kier molecular flexibility index (Phi) is 3.15. The minimum atomic E-state index is -0.474. The Balaban J connectivity index is 2.26. The third-order valence-corrected chi connectivity index (χ3v) is 4.96. The van der Waals surface area contributed by atoms with Crippen molar-refractivity contribution in [3.8, 4) is 0 Å². The van der Waals surface area contributed by atoms with Crippen LogP contribution in [-0.2, 0) is 9.53 Å². The summed E-state index contributed by atoms with van der Waals surface area (Å²) in [6.45, 7) is -0.226. The Morgan fingerprint density at radius 2 is 2.44 bits per heavy atom. The Morgan fingerprint density at radius 3 is 3.06 bits per heavy atom.